The topological polar surface area (TPSA) is 160 Å². The summed E-state index contributed by atoms with van der Waals surface area (Å²) >= 11 is 0. The fourth-order valence-corrected chi connectivity index (χ4v) is 5.99. The van der Waals surface area contributed by atoms with E-state index in [4.69, 9.17) is 28.4 Å². The van der Waals surface area contributed by atoms with Crippen molar-refractivity contribution in [2.24, 2.45) is 5.92 Å². The Morgan fingerprint density at radius 2 is 1.69 bits per heavy atom. The van der Waals surface area contributed by atoms with Crippen LogP contribution in [-0.4, -0.2) is 78.2 Å². The molecule has 49 heavy (non-hydrogen) atoms. The Morgan fingerprint density at radius 3 is 2.43 bits per heavy atom. The third-order valence-electron chi connectivity index (χ3n) is 8.06. The van der Waals surface area contributed by atoms with Gasteiger partial charge in [0.25, 0.3) is 0 Å². The number of carbonyl (C=O) groups is 3. The molecular formula is C34H40FN5O9. The van der Waals surface area contributed by atoms with Gasteiger partial charge in [-0.1, -0.05) is 0 Å². The van der Waals surface area contributed by atoms with E-state index in [0.717, 1.165) is 6.42 Å². The van der Waals surface area contributed by atoms with Crippen LogP contribution in [0, 0.1) is 18.7 Å². The van der Waals surface area contributed by atoms with Gasteiger partial charge in [-0.3, -0.25) is 15.5 Å². The zero-order valence-electron chi connectivity index (χ0n) is 28.5. The molecule has 0 bridgehead atoms. The lowest BCUT2D eigenvalue weighted by molar-refractivity contribution is -0.0907. The lowest BCUT2D eigenvalue weighted by atomic mass is 9.96. The van der Waals surface area contributed by atoms with Crippen molar-refractivity contribution >= 4 is 46.2 Å². The van der Waals surface area contributed by atoms with Crippen LogP contribution in [0.2, 0.25) is 0 Å². The minimum Gasteiger partial charge on any atom is -0.474 e. The summed E-state index contributed by atoms with van der Waals surface area (Å²) in [7, 11) is 0. The minimum atomic E-state index is -0.881. The molecule has 1 aromatic carbocycles. The zero-order chi connectivity index (χ0) is 35.2. The average Bonchev–Trinajstić information content (AvgIpc) is 3.62. The molecule has 0 radical (unpaired) electrons. The monoisotopic (exact) mass is 681 g/mol. The Bertz CT molecular complexity index is 1810. The molecule has 2 aromatic heterocycles. The van der Waals surface area contributed by atoms with Gasteiger partial charge >= 0.3 is 18.3 Å². The fraction of sp³-hybridized carbons (Fsp3) is 0.500. The molecule has 3 amide bonds. The van der Waals surface area contributed by atoms with Crippen molar-refractivity contribution in [1.29, 1.82) is 0 Å². The van der Waals surface area contributed by atoms with Gasteiger partial charge in [-0.25, -0.2) is 28.7 Å². The minimum absolute atomic E-state index is 0.0487. The van der Waals surface area contributed by atoms with Gasteiger partial charge in [0.15, 0.2) is 12.1 Å². The Labute approximate surface area is 282 Å². The van der Waals surface area contributed by atoms with Crippen LogP contribution in [-0.2, 0) is 23.7 Å². The van der Waals surface area contributed by atoms with Gasteiger partial charge in [-0.15, -0.1) is 0 Å². The lowest BCUT2D eigenvalue weighted by Crippen LogP contribution is -2.42. The molecule has 0 saturated carbocycles. The molecule has 5 heterocycles. The van der Waals surface area contributed by atoms with E-state index in [1.165, 1.54) is 23.4 Å². The van der Waals surface area contributed by atoms with Gasteiger partial charge in [-0.2, -0.15) is 0 Å². The third kappa shape index (κ3) is 7.32. The van der Waals surface area contributed by atoms with Crippen molar-refractivity contribution in [2.75, 3.05) is 41.9 Å². The number of anilines is 3. The van der Waals surface area contributed by atoms with Crippen LogP contribution in [0.5, 0.6) is 5.88 Å². The van der Waals surface area contributed by atoms with Crippen molar-refractivity contribution in [3.05, 3.63) is 35.9 Å². The second-order valence-corrected chi connectivity index (χ2v) is 14.1. The van der Waals surface area contributed by atoms with Crippen LogP contribution < -0.4 is 20.3 Å². The summed E-state index contributed by atoms with van der Waals surface area (Å²) in [5.74, 6) is -0.516. The quantitative estimate of drug-likeness (QED) is 0.288. The number of rotatable bonds is 4. The molecule has 15 heteroatoms. The highest BCUT2D eigenvalue weighted by Gasteiger charge is 2.44. The fourth-order valence-electron chi connectivity index (χ4n) is 5.99. The molecule has 2 saturated heterocycles. The predicted molar refractivity (Wildman–Crippen MR) is 176 cm³/mol. The highest BCUT2D eigenvalue weighted by atomic mass is 19.1. The number of aromatic nitrogens is 2. The molecule has 6 rings (SSSR count). The normalized spacial score (nSPS) is 20.2. The molecule has 0 spiro atoms. The standard InChI is InChI=1S/C34H40FN5O9/c1-17-21(14-37-28-27(17)40(9-11-44-28)32(43)49-34(5,6)7)20-12-18-13-24(38-30(41)47-23-16-46-29-19(23)8-10-45-29)36-15-22(18)26(25(20)35)39-31(42)48-33(2,3)4/h12-15,19,23,29H,8-11,16H2,1-7H3,(H,39,42)(H,36,38,41)/t19-,23+,29+/m1/s1. The summed E-state index contributed by atoms with van der Waals surface area (Å²) in [6.07, 6.45) is 0.423. The molecule has 0 aliphatic carbocycles. The van der Waals surface area contributed by atoms with Crippen molar-refractivity contribution in [3.63, 3.8) is 0 Å². The van der Waals surface area contributed by atoms with Crippen molar-refractivity contribution < 1.29 is 47.2 Å². The lowest BCUT2D eigenvalue weighted by Gasteiger charge is -2.32. The molecule has 14 nitrogen and oxygen atoms in total. The number of hydrogen-bond donors (Lipinski definition) is 2. The van der Waals surface area contributed by atoms with Gasteiger partial charge in [0.05, 0.1) is 31.4 Å². The van der Waals surface area contributed by atoms with E-state index in [9.17, 15) is 14.4 Å². The zero-order valence-corrected chi connectivity index (χ0v) is 28.5. The van der Waals surface area contributed by atoms with Crippen molar-refractivity contribution in [1.82, 2.24) is 9.97 Å². The molecule has 3 aliphatic rings. The number of fused-ring (bicyclic) bond motifs is 3. The largest absolute Gasteiger partial charge is 0.474 e. The highest BCUT2D eigenvalue weighted by Crippen LogP contribution is 2.43. The first-order valence-corrected chi connectivity index (χ1v) is 16.0. The SMILES string of the molecule is Cc1c(-c2cc3cc(NC(=O)O[C@H]4CO[C@@H]5OCC[C@@H]54)ncc3c(NC(=O)OC(C)(C)C)c2F)cnc2c1N(C(=O)OC(C)(C)C)CCO2. The first-order chi connectivity index (χ1) is 23.1. The summed E-state index contributed by atoms with van der Waals surface area (Å²) in [4.78, 5) is 49.1. The van der Waals surface area contributed by atoms with E-state index < -0.39 is 41.4 Å². The van der Waals surface area contributed by atoms with E-state index in [0.29, 0.717) is 28.8 Å². The number of amides is 3. The molecule has 262 valence electrons. The summed E-state index contributed by atoms with van der Waals surface area (Å²) < 4.78 is 50.1. The van der Waals surface area contributed by atoms with Crippen LogP contribution in [0.3, 0.4) is 0 Å². The molecule has 3 aromatic rings. The number of pyridine rings is 2. The van der Waals surface area contributed by atoms with E-state index in [-0.39, 0.29) is 60.3 Å². The van der Waals surface area contributed by atoms with Crippen molar-refractivity contribution in [2.45, 2.75) is 78.5 Å². The smallest absolute Gasteiger partial charge is 0.415 e. The van der Waals surface area contributed by atoms with Crippen LogP contribution in [0.1, 0.15) is 53.5 Å². The molecule has 2 N–H and O–H groups in total. The number of carbonyl (C=O) groups excluding carboxylic acids is 3. The van der Waals surface area contributed by atoms with E-state index in [1.807, 2.05) is 0 Å². The third-order valence-corrected chi connectivity index (χ3v) is 8.06. The number of hydrogen-bond acceptors (Lipinski definition) is 11. The Kier molecular flexibility index (Phi) is 9.00. The Hall–Kier alpha value is -4.76. The molecule has 0 unspecified atom stereocenters. The highest BCUT2D eigenvalue weighted by molar-refractivity contribution is 6.05. The van der Waals surface area contributed by atoms with E-state index in [2.05, 4.69) is 20.6 Å². The second kappa shape index (κ2) is 12.9. The molecule has 3 atom stereocenters. The predicted octanol–water partition coefficient (Wildman–Crippen LogP) is 6.54. The van der Waals surface area contributed by atoms with Gasteiger partial charge in [-0.05, 0) is 78.0 Å². The summed E-state index contributed by atoms with van der Waals surface area (Å²) in [5.41, 5.74) is -0.614. The van der Waals surface area contributed by atoms with Crippen LogP contribution in [0.15, 0.2) is 24.5 Å². The van der Waals surface area contributed by atoms with E-state index >= 15 is 4.39 Å². The van der Waals surface area contributed by atoms with Gasteiger partial charge in [0.2, 0.25) is 5.88 Å². The Morgan fingerprint density at radius 1 is 0.939 bits per heavy atom. The summed E-state index contributed by atoms with van der Waals surface area (Å²) in [6.45, 7) is 13.2. The molecule has 2 fully saturated rings. The number of benzene rings is 1. The number of nitrogens with zero attached hydrogens (tertiary/aromatic N) is 3. The Balaban J connectivity index is 1.39. The summed E-state index contributed by atoms with van der Waals surface area (Å²) in [5, 5.41) is 5.83. The second-order valence-electron chi connectivity index (χ2n) is 14.1. The first-order valence-electron chi connectivity index (χ1n) is 16.0. The van der Waals surface area contributed by atoms with E-state index in [1.54, 1.807) is 54.5 Å². The number of nitrogens with one attached hydrogen (secondary N) is 2. The van der Waals surface area contributed by atoms with Gasteiger partial charge in [0.1, 0.15) is 35.4 Å². The van der Waals surface area contributed by atoms with Crippen molar-refractivity contribution in [3.8, 4) is 17.0 Å². The molecule has 3 aliphatic heterocycles. The molecular weight excluding hydrogens is 641 g/mol. The van der Waals surface area contributed by atoms with Gasteiger partial charge in [0, 0.05) is 28.9 Å². The first kappa shape index (κ1) is 34.1. The van der Waals surface area contributed by atoms with Crippen LogP contribution in [0.4, 0.5) is 36.0 Å². The number of halogens is 1. The average molecular weight is 682 g/mol. The maximum absolute atomic E-state index is 16.6. The number of ether oxygens (including phenoxy) is 6. The van der Waals surface area contributed by atoms with Gasteiger partial charge < -0.3 is 28.4 Å². The maximum atomic E-state index is 16.6. The summed E-state index contributed by atoms with van der Waals surface area (Å²) in [6, 6.07) is 3.08. The van der Waals surface area contributed by atoms with Crippen LogP contribution >= 0.6 is 0 Å². The maximum Gasteiger partial charge on any atom is 0.415 e. The van der Waals surface area contributed by atoms with Crippen LogP contribution in [0.25, 0.3) is 21.9 Å².